The van der Waals surface area contributed by atoms with Gasteiger partial charge in [-0.1, -0.05) is 0 Å². The maximum Gasteiger partial charge on any atom is 0.401 e. The van der Waals surface area contributed by atoms with Crippen LogP contribution >= 0.6 is 7.60 Å². The minimum Gasteiger partial charge on any atom is -0.489 e. The van der Waals surface area contributed by atoms with Crippen molar-refractivity contribution in [1.82, 2.24) is 19.5 Å². The fraction of sp³-hybridized carbons (Fsp3) is 0.333. The number of nitrogens with one attached hydrogen (secondary N) is 1. The summed E-state index contributed by atoms with van der Waals surface area (Å²) in [6, 6.07) is 0. The van der Waals surface area contributed by atoms with Crippen molar-refractivity contribution in [1.29, 1.82) is 0 Å². The molecule has 3 rings (SSSR count). The van der Waals surface area contributed by atoms with Gasteiger partial charge in [-0.3, -0.25) is 9.78 Å². The molecule has 0 aromatic carbocycles. The number of hydrogen-bond acceptors (Lipinski definition) is 11. The molecule has 14 nitrogen and oxygen atoms in total. The molecule has 3 heterocycles. The van der Waals surface area contributed by atoms with Crippen LogP contribution in [-0.4, -0.2) is 57.6 Å². The summed E-state index contributed by atoms with van der Waals surface area (Å²) in [5.74, 6) is -1.37. The third kappa shape index (κ3) is 4.45. The number of carbonyl (C=O) groups is 1. The first kappa shape index (κ1) is 21.4. The normalized spacial score (nSPS) is 17.3. The number of rotatable bonds is 9. The molecule has 1 aliphatic heterocycles. The summed E-state index contributed by atoms with van der Waals surface area (Å²) in [6.07, 6.45) is 1.49. The first-order valence-corrected chi connectivity index (χ1v) is 10.1. The molecule has 1 aliphatic rings. The highest BCUT2D eigenvalue weighted by Crippen LogP contribution is 2.43. The summed E-state index contributed by atoms with van der Waals surface area (Å²) in [5, 5.41) is 0. The molecule has 0 amide bonds. The van der Waals surface area contributed by atoms with Crippen molar-refractivity contribution in [2.75, 3.05) is 32.9 Å². The predicted molar refractivity (Wildman–Crippen MR) is 99.5 cm³/mol. The van der Waals surface area contributed by atoms with Crippen molar-refractivity contribution < 1.29 is 37.7 Å². The second-order valence-corrected chi connectivity index (χ2v) is 7.52. The lowest BCUT2D eigenvalue weighted by Gasteiger charge is -2.12. The van der Waals surface area contributed by atoms with Gasteiger partial charge < -0.3 is 38.7 Å². The van der Waals surface area contributed by atoms with E-state index in [1.807, 2.05) is 0 Å². The quantitative estimate of drug-likeness (QED) is 0.200. The van der Waals surface area contributed by atoms with Crippen LogP contribution in [0.4, 0.5) is 5.95 Å². The smallest absolute Gasteiger partial charge is 0.401 e. The molecule has 0 saturated carbocycles. The van der Waals surface area contributed by atoms with E-state index in [-0.39, 0.29) is 47.5 Å². The second kappa shape index (κ2) is 8.57. The number of H-pyrrole nitrogens is 1. The second-order valence-electron chi connectivity index (χ2n) is 5.78. The Bertz CT molecular complexity index is 1140. The fourth-order valence-electron chi connectivity index (χ4n) is 2.48. The van der Waals surface area contributed by atoms with E-state index in [0.717, 1.165) is 6.26 Å². The number of nitrogen functional groups attached to an aromatic ring is 1. The number of anilines is 1. The summed E-state index contributed by atoms with van der Waals surface area (Å²) < 4.78 is 38.2. The Balaban J connectivity index is 1.56. The molecule has 4 N–H and O–H groups in total. The van der Waals surface area contributed by atoms with Gasteiger partial charge in [0.05, 0.1) is 27.2 Å². The van der Waals surface area contributed by atoms with E-state index in [9.17, 15) is 19.0 Å². The summed E-state index contributed by atoms with van der Waals surface area (Å²) in [7, 11) is -1.72. The molecule has 0 spiro atoms. The van der Waals surface area contributed by atoms with Gasteiger partial charge in [0.15, 0.2) is 17.5 Å². The van der Waals surface area contributed by atoms with E-state index in [2.05, 4.69) is 15.0 Å². The Morgan fingerprint density at radius 2 is 2.07 bits per heavy atom. The number of esters is 1. The Hall–Kier alpha value is -3.35. The van der Waals surface area contributed by atoms with E-state index in [4.69, 9.17) is 29.2 Å². The van der Waals surface area contributed by atoms with Gasteiger partial charge in [-0.05, 0) is 0 Å². The zero-order valence-corrected chi connectivity index (χ0v) is 16.7. The predicted octanol–water partition coefficient (Wildman–Crippen LogP) is -0.220. The van der Waals surface area contributed by atoms with Crippen LogP contribution in [0.15, 0.2) is 34.7 Å². The molecule has 15 heteroatoms. The van der Waals surface area contributed by atoms with Crippen LogP contribution < -0.4 is 11.3 Å². The van der Waals surface area contributed by atoms with E-state index in [1.165, 1.54) is 25.1 Å². The van der Waals surface area contributed by atoms with Gasteiger partial charge in [0, 0.05) is 6.54 Å². The average Bonchev–Trinajstić information content (AvgIpc) is 3.23. The van der Waals surface area contributed by atoms with Crippen molar-refractivity contribution in [2.45, 2.75) is 6.54 Å². The van der Waals surface area contributed by atoms with Crippen LogP contribution in [0.3, 0.4) is 0 Å². The molecule has 30 heavy (non-hydrogen) atoms. The maximum absolute atomic E-state index is 12.1. The van der Waals surface area contributed by atoms with E-state index in [1.54, 1.807) is 0 Å². The Labute approximate surface area is 168 Å². The molecular weight excluding hydrogens is 425 g/mol. The molecule has 1 unspecified atom stereocenters. The number of hydrogen-bond donors (Lipinski definition) is 3. The molecule has 0 bridgehead atoms. The van der Waals surface area contributed by atoms with E-state index in [0.29, 0.717) is 0 Å². The summed E-state index contributed by atoms with van der Waals surface area (Å²) in [5.41, 5.74) is 5.39. The molecule has 0 fully saturated rings. The molecule has 0 radical (unpaired) electrons. The number of nitrogens with zero attached hydrogens (tertiary/aromatic N) is 3. The van der Waals surface area contributed by atoms with Crippen molar-refractivity contribution >= 4 is 30.7 Å². The van der Waals surface area contributed by atoms with Crippen LogP contribution in [0.2, 0.25) is 0 Å². The Morgan fingerprint density at radius 1 is 1.33 bits per heavy atom. The number of carbonyl (C=O) groups excluding carboxylic acids is 1. The zero-order valence-electron chi connectivity index (χ0n) is 15.9. The molecule has 0 aliphatic carbocycles. The number of imidazole rings is 1. The number of cyclic esters (lactones) is 1. The Kier molecular flexibility index (Phi) is 6.10. The standard InChI is InChI=1S/C15H18N5O9P/c1-25-10-8(29-14(22)11(10)26-2)5-28-30(23,24)7-27-4-3-20-6-17-9-12(20)18-15(16)19-13(9)21/h5-6H,3-4,7H2,1-2H3,(H,23,24)(H3,16,18,19,21)/b8-5-. The summed E-state index contributed by atoms with van der Waals surface area (Å²) in [4.78, 5) is 43.4. The van der Waals surface area contributed by atoms with Crippen LogP contribution in [-0.2, 0) is 39.4 Å². The minimum absolute atomic E-state index is 0.0175. The molecule has 1 atom stereocenters. The lowest BCUT2D eigenvalue weighted by Crippen LogP contribution is -2.13. The monoisotopic (exact) mass is 443 g/mol. The minimum atomic E-state index is -4.22. The fourth-order valence-corrected chi connectivity index (χ4v) is 3.16. The SMILES string of the molecule is COC1=C(OC)/C(=C/OP(=O)(O)COCCn2cnc3c(=O)[nH]c(N)nc32)OC1=O. The topological polar surface area (TPSA) is 190 Å². The van der Waals surface area contributed by atoms with E-state index < -0.39 is 25.5 Å². The lowest BCUT2D eigenvalue weighted by molar-refractivity contribution is -0.136. The Morgan fingerprint density at radius 3 is 2.77 bits per heavy atom. The summed E-state index contributed by atoms with van der Waals surface area (Å²) in [6.45, 7) is 0.162. The van der Waals surface area contributed by atoms with Gasteiger partial charge >= 0.3 is 13.6 Å². The highest BCUT2D eigenvalue weighted by Gasteiger charge is 2.34. The number of aromatic nitrogens is 4. The number of aromatic amines is 1. The molecule has 0 saturated heterocycles. The maximum atomic E-state index is 12.1. The number of fused-ring (bicyclic) bond motifs is 1. The largest absolute Gasteiger partial charge is 0.489 e. The van der Waals surface area contributed by atoms with Crippen LogP contribution in [0.1, 0.15) is 0 Å². The van der Waals surface area contributed by atoms with Crippen LogP contribution in [0, 0.1) is 0 Å². The van der Waals surface area contributed by atoms with Gasteiger partial charge in [0.1, 0.15) is 6.26 Å². The van der Waals surface area contributed by atoms with Crippen molar-refractivity contribution in [3.63, 3.8) is 0 Å². The van der Waals surface area contributed by atoms with Crippen LogP contribution in [0.5, 0.6) is 0 Å². The third-order valence-corrected chi connectivity index (χ3v) is 4.72. The van der Waals surface area contributed by atoms with Gasteiger partial charge in [0.2, 0.25) is 17.5 Å². The summed E-state index contributed by atoms with van der Waals surface area (Å²) >= 11 is 0. The van der Waals surface area contributed by atoms with Crippen molar-refractivity contribution in [3.05, 3.63) is 40.2 Å². The first-order valence-electron chi connectivity index (χ1n) is 8.29. The number of ether oxygens (including phenoxy) is 4. The number of nitrogens with two attached hydrogens (primary N) is 1. The molecular formula is C15H18N5O9P. The third-order valence-electron chi connectivity index (χ3n) is 3.77. The zero-order chi connectivity index (χ0) is 21.9. The molecule has 2 aromatic heterocycles. The van der Waals surface area contributed by atoms with Crippen molar-refractivity contribution in [2.24, 2.45) is 0 Å². The first-order chi connectivity index (χ1) is 14.3. The van der Waals surface area contributed by atoms with Crippen molar-refractivity contribution in [3.8, 4) is 0 Å². The molecule has 2 aromatic rings. The van der Waals surface area contributed by atoms with Gasteiger partial charge in [-0.2, -0.15) is 4.98 Å². The molecule has 162 valence electrons. The highest BCUT2D eigenvalue weighted by atomic mass is 31.2. The highest BCUT2D eigenvalue weighted by molar-refractivity contribution is 7.52. The van der Waals surface area contributed by atoms with Gasteiger partial charge in [0.25, 0.3) is 11.3 Å². The average molecular weight is 443 g/mol. The lowest BCUT2D eigenvalue weighted by atomic mass is 10.4. The van der Waals surface area contributed by atoms with Gasteiger partial charge in [-0.25, -0.2) is 14.3 Å². The van der Waals surface area contributed by atoms with Crippen LogP contribution in [0.25, 0.3) is 11.2 Å². The number of methoxy groups -OCH3 is 2. The van der Waals surface area contributed by atoms with E-state index >= 15 is 0 Å². The van der Waals surface area contributed by atoms with Gasteiger partial charge in [-0.15, -0.1) is 0 Å².